The second-order valence-corrected chi connectivity index (χ2v) is 3.50. The van der Waals surface area contributed by atoms with Crippen molar-refractivity contribution < 1.29 is 0 Å². The van der Waals surface area contributed by atoms with E-state index in [-0.39, 0.29) is 0 Å². The number of likely N-dealkylation sites (N-methyl/N-ethyl adjacent to an activating group) is 1. The lowest BCUT2D eigenvalue weighted by atomic mass is 10.0. The largest absolute Gasteiger partial charge is 0.294 e. The average molecular weight is 147 g/mol. The summed E-state index contributed by atoms with van der Waals surface area (Å²) in [5.74, 6) is 0. The minimum atomic E-state index is 0.335. The van der Waals surface area contributed by atoms with Gasteiger partial charge in [-0.15, -0.1) is 0 Å². The molecule has 0 bridgehead atoms. The first kappa shape index (κ1) is 6.86. The SMILES string of the molecule is CN1CC1(C)c1ccccc1. The van der Waals surface area contributed by atoms with Crippen LogP contribution in [0.1, 0.15) is 12.5 Å². The molecule has 1 saturated heterocycles. The molecule has 1 aliphatic rings. The summed E-state index contributed by atoms with van der Waals surface area (Å²) in [6.45, 7) is 3.47. The molecule has 1 heterocycles. The van der Waals surface area contributed by atoms with E-state index in [1.807, 2.05) is 0 Å². The van der Waals surface area contributed by atoms with Gasteiger partial charge >= 0.3 is 0 Å². The number of nitrogens with zero attached hydrogens (tertiary/aromatic N) is 1. The number of rotatable bonds is 1. The van der Waals surface area contributed by atoms with Crippen LogP contribution in [0.25, 0.3) is 0 Å². The van der Waals surface area contributed by atoms with E-state index in [2.05, 4.69) is 49.2 Å². The van der Waals surface area contributed by atoms with E-state index in [0.29, 0.717) is 5.54 Å². The molecule has 1 aromatic rings. The average Bonchev–Trinajstić information content (AvgIpc) is 2.64. The lowest BCUT2D eigenvalue weighted by Gasteiger charge is -2.08. The van der Waals surface area contributed by atoms with Crippen LogP contribution in [0.5, 0.6) is 0 Å². The Morgan fingerprint density at radius 1 is 1.27 bits per heavy atom. The predicted molar refractivity (Wildman–Crippen MR) is 46.4 cm³/mol. The van der Waals surface area contributed by atoms with Crippen LogP contribution in [0.15, 0.2) is 30.3 Å². The zero-order valence-electron chi connectivity index (χ0n) is 7.04. The van der Waals surface area contributed by atoms with Crippen LogP contribution < -0.4 is 0 Å². The maximum absolute atomic E-state index is 2.35. The molecule has 0 aliphatic carbocycles. The van der Waals surface area contributed by atoms with Gasteiger partial charge in [0, 0.05) is 6.54 Å². The van der Waals surface area contributed by atoms with Crippen molar-refractivity contribution in [3.8, 4) is 0 Å². The fourth-order valence-electron chi connectivity index (χ4n) is 1.54. The van der Waals surface area contributed by atoms with Gasteiger partial charge in [-0.1, -0.05) is 30.3 Å². The highest BCUT2D eigenvalue weighted by atomic mass is 15.3. The molecule has 0 aromatic heterocycles. The van der Waals surface area contributed by atoms with Gasteiger partial charge in [-0.3, -0.25) is 4.90 Å². The van der Waals surface area contributed by atoms with E-state index in [1.54, 1.807) is 0 Å². The highest BCUT2D eigenvalue weighted by molar-refractivity contribution is 5.29. The maximum atomic E-state index is 2.35. The maximum Gasteiger partial charge on any atom is 0.0558 e. The van der Waals surface area contributed by atoms with Gasteiger partial charge in [-0.05, 0) is 19.5 Å². The van der Waals surface area contributed by atoms with Crippen LogP contribution in [-0.2, 0) is 5.54 Å². The zero-order valence-corrected chi connectivity index (χ0v) is 7.04. The monoisotopic (exact) mass is 147 g/mol. The minimum absolute atomic E-state index is 0.335. The fourth-order valence-corrected chi connectivity index (χ4v) is 1.54. The van der Waals surface area contributed by atoms with Crippen molar-refractivity contribution >= 4 is 0 Å². The molecule has 0 amide bonds. The van der Waals surface area contributed by atoms with Crippen molar-refractivity contribution in [2.24, 2.45) is 0 Å². The first-order chi connectivity index (χ1) is 5.23. The first-order valence-corrected chi connectivity index (χ1v) is 4.00. The van der Waals surface area contributed by atoms with Crippen LogP contribution in [0, 0.1) is 0 Å². The summed E-state index contributed by atoms with van der Waals surface area (Å²) in [6, 6.07) is 10.7. The fraction of sp³-hybridized carbons (Fsp3) is 0.400. The van der Waals surface area contributed by atoms with Crippen LogP contribution >= 0.6 is 0 Å². The van der Waals surface area contributed by atoms with Gasteiger partial charge in [-0.25, -0.2) is 0 Å². The second kappa shape index (κ2) is 2.08. The molecule has 1 fully saturated rings. The Kier molecular flexibility index (Phi) is 1.30. The third-order valence-corrected chi connectivity index (χ3v) is 2.68. The Labute approximate surface area is 67.6 Å². The third-order valence-electron chi connectivity index (χ3n) is 2.68. The highest BCUT2D eigenvalue weighted by Gasteiger charge is 2.45. The lowest BCUT2D eigenvalue weighted by molar-refractivity contribution is 0.515. The Morgan fingerprint density at radius 2 is 1.82 bits per heavy atom. The minimum Gasteiger partial charge on any atom is -0.294 e. The molecular formula is C10H13N. The standard InChI is InChI=1S/C10H13N/c1-10(8-11(10)2)9-6-4-3-5-7-9/h3-7H,8H2,1-2H3. The molecule has 0 spiro atoms. The van der Waals surface area contributed by atoms with Gasteiger partial charge in [0.05, 0.1) is 5.54 Å². The topological polar surface area (TPSA) is 3.01 Å². The van der Waals surface area contributed by atoms with Gasteiger partial charge in [0.15, 0.2) is 0 Å². The van der Waals surface area contributed by atoms with Crippen molar-refractivity contribution in [1.82, 2.24) is 4.90 Å². The quantitative estimate of drug-likeness (QED) is 0.548. The van der Waals surface area contributed by atoms with Gasteiger partial charge in [0.2, 0.25) is 0 Å². The number of hydrogen-bond acceptors (Lipinski definition) is 1. The molecule has 2 unspecified atom stereocenters. The summed E-state index contributed by atoms with van der Waals surface area (Å²) in [6.07, 6.45) is 0. The molecule has 11 heavy (non-hydrogen) atoms. The van der Waals surface area contributed by atoms with Crippen molar-refractivity contribution in [2.75, 3.05) is 13.6 Å². The number of hydrogen-bond donors (Lipinski definition) is 0. The van der Waals surface area contributed by atoms with Gasteiger partial charge in [-0.2, -0.15) is 0 Å². The molecule has 2 rings (SSSR count). The molecule has 58 valence electrons. The Balaban J connectivity index is 2.32. The molecule has 2 atom stereocenters. The van der Waals surface area contributed by atoms with E-state index >= 15 is 0 Å². The van der Waals surface area contributed by atoms with Crippen molar-refractivity contribution in [3.05, 3.63) is 35.9 Å². The van der Waals surface area contributed by atoms with Crippen LogP contribution in [0.4, 0.5) is 0 Å². The summed E-state index contributed by atoms with van der Waals surface area (Å²) in [4.78, 5) is 2.35. The first-order valence-electron chi connectivity index (χ1n) is 4.00. The van der Waals surface area contributed by atoms with Crippen molar-refractivity contribution in [1.29, 1.82) is 0 Å². The van der Waals surface area contributed by atoms with Gasteiger partial charge in [0.1, 0.15) is 0 Å². The summed E-state index contributed by atoms with van der Waals surface area (Å²) in [5, 5.41) is 0. The zero-order chi connectivity index (χ0) is 7.90. The molecule has 0 saturated carbocycles. The lowest BCUT2D eigenvalue weighted by Crippen LogP contribution is -2.07. The molecule has 0 N–H and O–H groups in total. The summed E-state index contributed by atoms with van der Waals surface area (Å²) >= 11 is 0. The van der Waals surface area contributed by atoms with Crippen LogP contribution in [0.2, 0.25) is 0 Å². The van der Waals surface area contributed by atoms with E-state index < -0.39 is 0 Å². The van der Waals surface area contributed by atoms with E-state index in [1.165, 1.54) is 12.1 Å². The summed E-state index contributed by atoms with van der Waals surface area (Å²) in [7, 11) is 2.16. The predicted octanol–water partition coefficient (Wildman–Crippen LogP) is 1.85. The van der Waals surface area contributed by atoms with Crippen LogP contribution in [-0.4, -0.2) is 18.5 Å². The van der Waals surface area contributed by atoms with Gasteiger partial charge in [0.25, 0.3) is 0 Å². The molecule has 1 nitrogen and oxygen atoms in total. The van der Waals surface area contributed by atoms with Crippen molar-refractivity contribution in [3.63, 3.8) is 0 Å². The number of benzene rings is 1. The van der Waals surface area contributed by atoms with E-state index in [9.17, 15) is 0 Å². The smallest absolute Gasteiger partial charge is 0.0558 e. The summed E-state index contributed by atoms with van der Waals surface area (Å²) in [5.41, 5.74) is 1.77. The molecule has 1 heteroatoms. The Bertz CT molecular complexity index is 255. The molecule has 1 aromatic carbocycles. The van der Waals surface area contributed by atoms with E-state index in [0.717, 1.165) is 0 Å². The highest BCUT2D eigenvalue weighted by Crippen LogP contribution is 2.39. The summed E-state index contributed by atoms with van der Waals surface area (Å²) < 4.78 is 0. The Hall–Kier alpha value is -0.820. The Morgan fingerprint density at radius 3 is 2.27 bits per heavy atom. The van der Waals surface area contributed by atoms with E-state index in [4.69, 9.17) is 0 Å². The van der Waals surface area contributed by atoms with Crippen molar-refractivity contribution in [2.45, 2.75) is 12.5 Å². The van der Waals surface area contributed by atoms with Crippen LogP contribution in [0.3, 0.4) is 0 Å². The van der Waals surface area contributed by atoms with Gasteiger partial charge < -0.3 is 0 Å². The normalized spacial score (nSPS) is 35.3. The molecular weight excluding hydrogens is 134 g/mol. The molecule has 0 radical (unpaired) electrons. The second-order valence-electron chi connectivity index (χ2n) is 3.50. The molecule has 1 aliphatic heterocycles. The third kappa shape index (κ3) is 0.962.